The van der Waals surface area contributed by atoms with Crippen molar-refractivity contribution in [2.45, 2.75) is 17.7 Å². The molecule has 0 saturated heterocycles. The van der Waals surface area contributed by atoms with Crippen LogP contribution in [0, 0.1) is 41.5 Å². The highest BCUT2D eigenvalue weighted by Crippen LogP contribution is 2.46. The lowest BCUT2D eigenvalue weighted by Gasteiger charge is -2.42. The van der Waals surface area contributed by atoms with Crippen molar-refractivity contribution >= 4 is 135 Å². The summed E-state index contributed by atoms with van der Waals surface area (Å²) in [5.41, 5.74) is 0. The van der Waals surface area contributed by atoms with E-state index in [-0.39, 0.29) is 29.6 Å². The van der Waals surface area contributed by atoms with Crippen LogP contribution in [-0.2, 0) is 19.7 Å². The molecule has 0 radical (unpaired) electrons. The van der Waals surface area contributed by atoms with Crippen molar-refractivity contribution in [3.05, 3.63) is 54.3 Å². The number of esters is 2. The molecule has 0 amide bonds. The predicted octanol–water partition coefficient (Wildman–Crippen LogP) is 6.30. The van der Waals surface area contributed by atoms with E-state index in [4.69, 9.17) is 9.47 Å². The maximum atomic E-state index is 13.4. The van der Waals surface area contributed by atoms with Crippen molar-refractivity contribution in [3.63, 3.8) is 0 Å². The minimum atomic E-state index is -4.42. The minimum Gasteiger partial charge on any atom is -0.426 e. The third-order valence-corrected chi connectivity index (χ3v) is 11.5. The molecule has 1 saturated carbocycles. The molecule has 35 heavy (non-hydrogen) atoms. The van der Waals surface area contributed by atoms with Gasteiger partial charge in [0.25, 0.3) is 10.1 Å². The van der Waals surface area contributed by atoms with E-state index >= 15 is 0 Å². The van der Waals surface area contributed by atoms with E-state index in [0.29, 0.717) is 5.75 Å². The van der Waals surface area contributed by atoms with Gasteiger partial charge in [0, 0.05) is 10.7 Å². The Bertz CT molecular complexity index is 1310. The first kappa shape index (κ1) is 28.7. The van der Waals surface area contributed by atoms with Crippen molar-refractivity contribution in [2.75, 3.05) is 0 Å². The highest BCUT2D eigenvalue weighted by Gasteiger charge is 2.50. The molecule has 186 valence electrons. The van der Waals surface area contributed by atoms with E-state index in [9.17, 15) is 22.6 Å². The molecule has 0 spiro atoms. The zero-order valence-electron chi connectivity index (χ0n) is 17.4. The van der Waals surface area contributed by atoms with Crippen LogP contribution in [0.25, 0.3) is 0 Å². The lowest BCUT2D eigenvalue weighted by atomic mass is 9.62. The molecular formula is C22H15I5O7S. The maximum absolute atomic E-state index is 13.4. The molecule has 2 aromatic carbocycles. The van der Waals surface area contributed by atoms with Gasteiger partial charge in [0.2, 0.25) is 0 Å². The topological polar surface area (TPSA) is 107 Å². The fourth-order valence-electron chi connectivity index (χ4n) is 4.46. The molecule has 2 aromatic rings. The van der Waals surface area contributed by atoms with Crippen LogP contribution in [0.15, 0.2) is 41.3 Å². The summed E-state index contributed by atoms with van der Waals surface area (Å²) in [5, 5.41) is 0. The summed E-state index contributed by atoms with van der Waals surface area (Å²) in [7, 11) is -4.42. The molecule has 4 unspecified atom stereocenters. The molecule has 1 fully saturated rings. The number of carbonyl (C=O) groups is 2. The number of allylic oxidation sites excluding steroid dienone is 2. The number of halogens is 5. The van der Waals surface area contributed by atoms with Crippen LogP contribution in [0.1, 0.15) is 12.8 Å². The van der Waals surface area contributed by atoms with Gasteiger partial charge < -0.3 is 9.47 Å². The third-order valence-electron chi connectivity index (χ3n) is 5.91. The second kappa shape index (κ2) is 11.4. The van der Waals surface area contributed by atoms with Crippen LogP contribution in [0.2, 0.25) is 0 Å². The van der Waals surface area contributed by atoms with Gasteiger partial charge in [0.1, 0.15) is 10.6 Å². The first-order chi connectivity index (χ1) is 16.4. The maximum Gasteiger partial charge on any atom is 0.315 e. The Hall–Kier alpha value is 0.680. The summed E-state index contributed by atoms with van der Waals surface area (Å²) in [6, 6.07) is 6.60. The van der Waals surface area contributed by atoms with E-state index in [1.165, 1.54) is 12.1 Å². The van der Waals surface area contributed by atoms with Gasteiger partial charge in [-0.15, -0.1) is 0 Å². The number of benzene rings is 2. The smallest absolute Gasteiger partial charge is 0.315 e. The second-order valence-corrected chi connectivity index (χ2v) is 15.3. The summed E-state index contributed by atoms with van der Waals surface area (Å²) in [4.78, 5) is 26.5. The first-order valence-corrected chi connectivity index (χ1v) is 16.9. The van der Waals surface area contributed by atoms with Crippen LogP contribution < -0.4 is 9.47 Å². The van der Waals surface area contributed by atoms with Gasteiger partial charge in [-0.3, -0.25) is 14.1 Å². The fraction of sp³-hybridized carbons (Fsp3) is 0.273. The van der Waals surface area contributed by atoms with E-state index in [2.05, 4.69) is 67.8 Å². The molecule has 2 bridgehead atoms. The molecule has 7 nitrogen and oxygen atoms in total. The molecule has 0 heterocycles. The van der Waals surface area contributed by atoms with Crippen molar-refractivity contribution in [3.8, 4) is 11.5 Å². The number of fused-ring (bicyclic) bond motifs is 2. The number of hydrogen-bond donors (Lipinski definition) is 1. The fourth-order valence-corrected chi connectivity index (χ4v) is 12.3. The van der Waals surface area contributed by atoms with E-state index in [0.717, 1.165) is 23.6 Å². The molecule has 13 heteroatoms. The summed E-state index contributed by atoms with van der Waals surface area (Å²) in [6.45, 7) is 0. The lowest BCUT2D eigenvalue weighted by Crippen LogP contribution is -2.47. The summed E-state index contributed by atoms with van der Waals surface area (Å²) in [5.74, 6) is -2.09. The summed E-state index contributed by atoms with van der Waals surface area (Å²) >= 11 is 10.0. The normalized spacial score (nSPS) is 23.3. The minimum absolute atomic E-state index is 0.133. The third kappa shape index (κ3) is 6.30. The number of ether oxygens (including phenoxy) is 2. The van der Waals surface area contributed by atoms with Crippen LogP contribution in [0.3, 0.4) is 0 Å². The molecule has 4 atom stereocenters. The Kier molecular flexibility index (Phi) is 9.36. The average molecular weight is 1060 g/mol. The summed E-state index contributed by atoms with van der Waals surface area (Å²) < 4.78 is 47.4. The number of carbonyl (C=O) groups excluding carboxylic acids is 2. The first-order valence-electron chi connectivity index (χ1n) is 10.1. The van der Waals surface area contributed by atoms with Gasteiger partial charge in [0.15, 0.2) is 5.75 Å². The SMILES string of the molecule is O=C(Oc1cc(I)c(S(=O)(=O)O)c(I)c1)C1C2C=CC(CC2)C1C(=O)Oc1c(I)cc(I)cc1I. The van der Waals surface area contributed by atoms with Crippen LogP contribution >= 0.6 is 113 Å². The van der Waals surface area contributed by atoms with Crippen molar-refractivity contribution < 1.29 is 32.0 Å². The van der Waals surface area contributed by atoms with Gasteiger partial charge in [-0.2, -0.15) is 8.42 Å². The molecule has 5 rings (SSSR count). The highest BCUT2D eigenvalue weighted by molar-refractivity contribution is 14.1. The molecule has 3 aliphatic rings. The van der Waals surface area contributed by atoms with Crippen molar-refractivity contribution in [2.24, 2.45) is 23.7 Å². The molecule has 1 N–H and O–H groups in total. The van der Waals surface area contributed by atoms with E-state index in [1.807, 2.05) is 24.3 Å². The van der Waals surface area contributed by atoms with Crippen molar-refractivity contribution in [1.82, 2.24) is 0 Å². The predicted molar refractivity (Wildman–Crippen MR) is 170 cm³/mol. The quantitative estimate of drug-likeness (QED) is 0.123. The standard InChI is InChI=1S/C22H15I5O7S/c23-11-5-13(24)19(14(25)6-11)34-22(29)18-10-3-1-9(2-4-10)17(18)21(28)33-12-7-15(26)20(16(27)8-12)35(30,31)32/h1,3,5-10,17-18H,2,4H2,(H,30,31,32). The average Bonchev–Trinajstić information content (AvgIpc) is 2.74. The van der Waals surface area contributed by atoms with Crippen LogP contribution in [0.5, 0.6) is 11.5 Å². The van der Waals surface area contributed by atoms with Gasteiger partial charge in [-0.05, 0) is 162 Å². The molecule has 0 aromatic heterocycles. The zero-order chi connectivity index (χ0) is 25.7. The second-order valence-electron chi connectivity index (χ2n) is 8.07. The molecule has 0 aliphatic heterocycles. The lowest BCUT2D eigenvalue weighted by molar-refractivity contribution is -0.156. The van der Waals surface area contributed by atoms with Gasteiger partial charge in [0.05, 0.1) is 19.0 Å². The van der Waals surface area contributed by atoms with E-state index in [1.54, 1.807) is 45.2 Å². The van der Waals surface area contributed by atoms with Crippen LogP contribution in [0.4, 0.5) is 0 Å². The van der Waals surface area contributed by atoms with Gasteiger partial charge in [-0.1, -0.05) is 12.2 Å². The number of rotatable bonds is 5. The van der Waals surface area contributed by atoms with Gasteiger partial charge in [-0.25, -0.2) is 0 Å². The highest BCUT2D eigenvalue weighted by atomic mass is 127. The number of hydrogen-bond acceptors (Lipinski definition) is 6. The largest absolute Gasteiger partial charge is 0.426 e. The Morgan fingerprint density at radius 1 is 0.771 bits per heavy atom. The Balaban J connectivity index is 1.61. The molecule has 3 aliphatic carbocycles. The van der Waals surface area contributed by atoms with Crippen molar-refractivity contribution in [1.29, 1.82) is 0 Å². The zero-order valence-corrected chi connectivity index (χ0v) is 29.0. The Morgan fingerprint density at radius 3 is 1.66 bits per heavy atom. The van der Waals surface area contributed by atoms with Crippen LogP contribution in [-0.4, -0.2) is 24.9 Å². The van der Waals surface area contributed by atoms with Gasteiger partial charge >= 0.3 is 11.9 Å². The Labute approximate surface area is 270 Å². The molecular weight excluding hydrogens is 1040 g/mol. The summed E-state index contributed by atoms with van der Waals surface area (Å²) in [6.07, 6.45) is 5.50. The Morgan fingerprint density at radius 2 is 1.23 bits per heavy atom. The monoisotopic (exact) mass is 1060 g/mol. The van der Waals surface area contributed by atoms with E-state index < -0.39 is 33.9 Å².